The lowest BCUT2D eigenvalue weighted by Gasteiger charge is -2.16. The van der Waals surface area contributed by atoms with Gasteiger partial charge in [0.15, 0.2) is 5.82 Å². The summed E-state index contributed by atoms with van der Waals surface area (Å²) in [6.07, 6.45) is 0.403. The molecule has 1 fully saturated rings. The first-order valence-electron chi connectivity index (χ1n) is 8.38. The maximum Gasteiger partial charge on any atom is 0.257 e. The first-order valence-corrected chi connectivity index (χ1v) is 8.38. The van der Waals surface area contributed by atoms with E-state index in [2.05, 4.69) is 10.1 Å². The zero-order valence-electron chi connectivity index (χ0n) is 14.3. The van der Waals surface area contributed by atoms with E-state index in [4.69, 9.17) is 4.52 Å². The normalized spacial score (nSPS) is 17.3. The summed E-state index contributed by atoms with van der Waals surface area (Å²) in [5, 5.41) is 4.12. The number of benzene rings is 2. The van der Waals surface area contributed by atoms with Crippen molar-refractivity contribution in [1.29, 1.82) is 0 Å². The van der Waals surface area contributed by atoms with Gasteiger partial charge in [0.1, 0.15) is 0 Å². The van der Waals surface area contributed by atoms with E-state index < -0.39 is 0 Å². The highest BCUT2D eigenvalue weighted by Gasteiger charge is 2.34. The van der Waals surface area contributed by atoms with Gasteiger partial charge in [0, 0.05) is 30.1 Å². The Labute approximate surface area is 146 Å². The van der Waals surface area contributed by atoms with Crippen molar-refractivity contribution in [3.05, 3.63) is 65.5 Å². The molecule has 25 heavy (non-hydrogen) atoms. The number of nitrogens with zero attached hydrogens (tertiary/aromatic N) is 3. The third kappa shape index (κ3) is 3.05. The van der Waals surface area contributed by atoms with Crippen molar-refractivity contribution in [3.63, 3.8) is 0 Å². The Balaban J connectivity index is 1.55. The predicted molar refractivity (Wildman–Crippen MR) is 95.4 cm³/mol. The zero-order valence-corrected chi connectivity index (χ0v) is 14.3. The molecule has 4 rings (SSSR count). The SMILES string of the molecule is Cc1ccc(N2CC(c3noc(-c4cccc(C)c4)n3)CC2=O)cc1. The molecule has 0 radical (unpaired) electrons. The molecule has 2 aromatic carbocycles. The summed E-state index contributed by atoms with van der Waals surface area (Å²) in [6, 6.07) is 15.9. The Morgan fingerprint density at radius 2 is 1.88 bits per heavy atom. The van der Waals surface area contributed by atoms with Crippen LogP contribution in [0.3, 0.4) is 0 Å². The average molecular weight is 333 g/mol. The molecule has 2 heterocycles. The van der Waals surface area contributed by atoms with E-state index in [1.54, 1.807) is 4.90 Å². The van der Waals surface area contributed by atoms with Crippen molar-refractivity contribution in [2.75, 3.05) is 11.4 Å². The first-order chi connectivity index (χ1) is 12.1. The fourth-order valence-corrected chi connectivity index (χ4v) is 3.15. The maximum absolute atomic E-state index is 12.4. The molecule has 5 nitrogen and oxygen atoms in total. The highest BCUT2D eigenvalue weighted by atomic mass is 16.5. The molecule has 0 N–H and O–H groups in total. The summed E-state index contributed by atoms with van der Waals surface area (Å²) >= 11 is 0. The highest BCUT2D eigenvalue weighted by Crippen LogP contribution is 2.31. The minimum atomic E-state index is -0.0453. The first kappa shape index (κ1) is 15.6. The van der Waals surface area contributed by atoms with Gasteiger partial charge >= 0.3 is 0 Å². The molecule has 1 aliphatic heterocycles. The molecule has 0 bridgehead atoms. The van der Waals surface area contributed by atoms with Crippen LogP contribution in [0.2, 0.25) is 0 Å². The molecular weight excluding hydrogens is 314 g/mol. The van der Waals surface area contributed by atoms with Crippen LogP contribution in [0.25, 0.3) is 11.5 Å². The minimum absolute atomic E-state index is 0.0453. The van der Waals surface area contributed by atoms with Crippen LogP contribution in [-0.4, -0.2) is 22.6 Å². The standard InChI is InChI=1S/C20H19N3O2/c1-13-6-8-17(9-7-13)23-12-16(11-18(23)24)19-21-20(25-22-19)15-5-3-4-14(2)10-15/h3-10,16H,11-12H2,1-2H3. The molecule has 0 aliphatic carbocycles. The number of carbonyl (C=O) groups excluding carboxylic acids is 1. The van der Waals surface area contributed by atoms with Gasteiger partial charge < -0.3 is 9.42 Å². The van der Waals surface area contributed by atoms with Gasteiger partial charge in [-0.2, -0.15) is 4.98 Å². The van der Waals surface area contributed by atoms with Crippen molar-refractivity contribution >= 4 is 11.6 Å². The second-order valence-corrected chi connectivity index (χ2v) is 6.57. The van der Waals surface area contributed by atoms with E-state index in [9.17, 15) is 4.79 Å². The van der Waals surface area contributed by atoms with Crippen LogP contribution >= 0.6 is 0 Å². The van der Waals surface area contributed by atoms with Gasteiger partial charge in [-0.1, -0.05) is 40.5 Å². The molecule has 1 saturated heterocycles. The predicted octanol–water partition coefficient (Wildman–Crippen LogP) is 3.87. The van der Waals surface area contributed by atoms with Gasteiger partial charge in [0.2, 0.25) is 5.91 Å². The van der Waals surface area contributed by atoms with Crippen LogP contribution in [0.4, 0.5) is 5.69 Å². The number of anilines is 1. The van der Waals surface area contributed by atoms with Crippen molar-refractivity contribution in [1.82, 2.24) is 10.1 Å². The van der Waals surface area contributed by atoms with Gasteiger partial charge in [0.25, 0.3) is 5.89 Å². The number of hydrogen-bond acceptors (Lipinski definition) is 4. The fraction of sp³-hybridized carbons (Fsp3) is 0.250. The van der Waals surface area contributed by atoms with E-state index >= 15 is 0 Å². The molecule has 0 spiro atoms. The number of rotatable bonds is 3. The van der Waals surface area contributed by atoms with E-state index in [0.717, 1.165) is 16.8 Å². The summed E-state index contributed by atoms with van der Waals surface area (Å²) < 4.78 is 5.42. The Kier molecular flexibility index (Phi) is 3.84. The molecule has 5 heteroatoms. The molecule has 1 atom stereocenters. The second-order valence-electron chi connectivity index (χ2n) is 6.57. The van der Waals surface area contributed by atoms with Crippen LogP contribution in [0.1, 0.15) is 29.3 Å². The number of carbonyl (C=O) groups is 1. The van der Waals surface area contributed by atoms with E-state index in [1.807, 2.05) is 62.4 Å². The van der Waals surface area contributed by atoms with Crippen molar-refractivity contribution in [2.24, 2.45) is 0 Å². The lowest BCUT2D eigenvalue weighted by molar-refractivity contribution is -0.117. The quantitative estimate of drug-likeness (QED) is 0.730. The number of amides is 1. The highest BCUT2D eigenvalue weighted by molar-refractivity contribution is 5.96. The van der Waals surface area contributed by atoms with Crippen LogP contribution in [0, 0.1) is 13.8 Å². The molecule has 126 valence electrons. The number of aryl methyl sites for hydroxylation is 2. The topological polar surface area (TPSA) is 59.2 Å². The summed E-state index contributed by atoms with van der Waals surface area (Å²) in [5.74, 6) is 1.14. The molecule has 3 aromatic rings. The van der Waals surface area contributed by atoms with Gasteiger partial charge in [-0.05, 0) is 38.1 Å². The molecule has 0 saturated carbocycles. The minimum Gasteiger partial charge on any atom is -0.334 e. The molecular formula is C20H19N3O2. The summed E-state index contributed by atoms with van der Waals surface area (Å²) in [4.78, 5) is 18.7. The van der Waals surface area contributed by atoms with Gasteiger partial charge in [0.05, 0.1) is 0 Å². The van der Waals surface area contributed by atoms with Gasteiger partial charge in [-0.3, -0.25) is 4.79 Å². The zero-order chi connectivity index (χ0) is 17.4. The van der Waals surface area contributed by atoms with Crippen molar-refractivity contribution < 1.29 is 9.32 Å². The van der Waals surface area contributed by atoms with Gasteiger partial charge in [-0.15, -0.1) is 0 Å². The van der Waals surface area contributed by atoms with E-state index in [-0.39, 0.29) is 11.8 Å². The summed E-state index contributed by atoms with van der Waals surface area (Å²) in [5.41, 5.74) is 4.13. The van der Waals surface area contributed by atoms with Crippen LogP contribution in [-0.2, 0) is 4.79 Å². The maximum atomic E-state index is 12.4. The molecule has 1 aliphatic rings. The Bertz CT molecular complexity index is 915. The van der Waals surface area contributed by atoms with Crippen molar-refractivity contribution in [3.8, 4) is 11.5 Å². The van der Waals surface area contributed by atoms with E-state index in [1.165, 1.54) is 5.56 Å². The molecule has 1 unspecified atom stereocenters. The number of aromatic nitrogens is 2. The van der Waals surface area contributed by atoms with Crippen LogP contribution in [0.15, 0.2) is 53.1 Å². The lowest BCUT2D eigenvalue weighted by atomic mass is 10.1. The lowest BCUT2D eigenvalue weighted by Crippen LogP contribution is -2.24. The Morgan fingerprint density at radius 1 is 1.08 bits per heavy atom. The summed E-state index contributed by atoms with van der Waals surface area (Å²) in [6.45, 7) is 4.63. The molecule has 1 amide bonds. The van der Waals surface area contributed by atoms with Crippen LogP contribution in [0.5, 0.6) is 0 Å². The third-order valence-electron chi connectivity index (χ3n) is 4.54. The smallest absolute Gasteiger partial charge is 0.257 e. The Hall–Kier alpha value is -2.95. The number of hydrogen-bond donors (Lipinski definition) is 0. The van der Waals surface area contributed by atoms with Crippen LogP contribution < -0.4 is 4.90 Å². The fourth-order valence-electron chi connectivity index (χ4n) is 3.15. The average Bonchev–Trinajstić information content (AvgIpc) is 3.23. The van der Waals surface area contributed by atoms with E-state index in [0.29, 0.717) is 24.7 Å². The molecule has 1 aromatic heterocycles. The second kappa shape index (κ2) is 6.16. The van der Waals surface area contributed by atoms with Crippen molar-refractivity contribution in [2.45, 2.75) is 26.2 Å². The monoisotopic (exact) mass is 333 g/mol. The third-order valence-corrected chi connectivity index (χ3v) is 4.54. The van der Waals surface area contributed by atoms with Gasteiger partial charge in [-0.25, -0.2) is 0 Å². The Morgan fingerprint density at radius 3 is 2.64 bits per heavy atom. The largest absolute Gasteiger partial charge is 0.334 e. The summed E-state index contributed by atoms with van der Waals surface area (Å²) in [7, 11) is 0.